The van der Waals surface area contributed by atoms with Crippen molar-refractivity contribution < 1.29 is 22.0 Å². The van der Waals surface area contributed by atoms with Gasteiger partial charge in [-0.15, -0.1) is 0 Å². The molecule has 0 bridgehead atoms. The highest BCUT2D eigenvalue weighted by atomic mass is 35.5. The molecule has 0 aromatic carbocycles. The molecule has 0 aromatic heterocycles. The standard InChI is InChI=1S/C13H30NO.ClH/c1-12(2,3)9-11(15)10-14(7,8)13(4,5)6;/h11,15H,9-10H2,1-8H3;1H/q+1;/p-1. The van der Waals surface area contributed by atoms with E-state index in [0.717, 1.165) is 17.4 Å². The Morgan fingerprint density at radius 3 is 1.62 bits per heavy atom. The number of nitrogens with zero attached hydrogens (tertiary/aromatic N) is 1. The molecule has 0 aliphatic heterocycles. The van der Waals surface area contributed by atoms with Crippen LogP contribution in [0.15, 0.2) is 0 Å². The zero-order valence-electron chi connectivity index (χ0n) is 12.3. The number of rotatable bonds is 3. The molecule has 0 saturated heterocycles. The summed E-state index contributed by atoms with van der Waals surface area (Å²) < 4.78 is 0.851. The van der Waals surface area contributed by atoms with Crippen LogP contribution < -0.4 is 12.4 Å². The number of likely N-dealkylation sites (N-methyl/N-ethyl adjacent to an activating group) is 1. The van der Waals surface area contributed by atoms with Gasteiger partial charge in [0.15, 0.2) is 0 Å². The van der Waals surface area contributed by atoms with Gasteiger partial charge >= 0.3 is 0 Å². The van der Waals surface area contributed by atoms with Crippen LogP contribution in [0.2, 0.25) is 0 Å². The predicted molar refractivity (Wildman–Crippen MR) is 66.8 cm³/mol. The van der Waals surface area contributed by atoms with E-state index in [1.807, 2.05) is 0 Å². The Labute approximate surface area is 108 Å². The lowest BCUT2D eigenvalue weighted by Crippen LogP contribution is -3.00. The summed E-state index contributed by atoms with van der Waals surface area (Å²) in [4.78, 5) is 0. The number of halogens is 1. The molecule has 0 saturated carbocycles. The largest absolute Gasteiger partial charge is 1.00 e. The Hall–Kier alpha value is 0.210. The molecule has 1 unspecified atom stereocenters. The molecule has 0 aromatic rings. The molecule has 1 N–H and O–H groups in total. The summed E-state index contributed by atoms with van der Waals surface area (Å²) in [5.74, 6) is 0. The van der Waals surface area contributed by atoms with Crippen molar-refractivity contribution in [2.24, 2.45) is 5.41 Å². The molecule has 0 spiro atoms. The summed E-state index contributed by atoms with van der Waals surface area (Å²) >= 11 is 0. The highest BCUT2D eigenvalue weighted by Crippen LogP contribution is 2.25. The summed E-state index contributed by atoms with van der Waals surface area (Å²) in [5.41, 5.74) is 0.385. The van der Waals surface area contributed by atoms with Crippen molar-refractivity contribution in [3.05, 3.63) is 0 Å². The third-order valence-corrected chi connectivity index (χ3v) is 3.33. The highest BCUT2D eigenvalue weighted by Gasteiger charge is 2.34. The van der Waals surface area contributed by atoms with Gasteiger partial charge < -0.3 is 22.0 Å². The molecule has 0 rings (SSSR count). The van der Waals surface area contributed by atoms with Crippen molar-refractivity contribution in [1.82, 2.24) is 0 Å². The van der Waals surface area contributed by atoms with Gasteiger partial charge in [-0.1, -0.05) is 20.8 Å². The first-order chi connectivity index (χ1) is 6.35. The normalized spacial score (nSPS) is 15.6. The van der Waals surface area contributed by atoms with E-state index in [1.54, 1.807) is 0 Å². The Kier molecular flexibility index (Phi) is 6.62. The molecule has 3 heteroatoms. The van der Waals surface area contributed by atoms with Crippen molar-refractivity contribution in [2.75, 3.05) is 20.6 Å². The fourth-order valence-corrected chi connectivity index (χ4v) is 1.57. The average molecular weight is 252 g/mol. The lowest BCUT2D eigenvalue weighted by Gasteiger charge is -2.44. The second kappa shape index (κ2) is 5.70. The number of quaternary nitrogens is 1. The van der Waals surface area contributed by atoms with Crippen LogP contribution in [-0.4, -0.2) is 41.9 Å². The molecule has 1 atom stereocenters. The quantitative estimate of drug-likeness (QED) is 0.681. The fraction of sp³-hybridized carbons (Fsp3) is 1.00. The van der Waals surface area contributed by atoms with E-state index >= 15 is 0 Å². The molecule has 16 heavy (non-hydrogen) atoms. The SMILES string of the molecule is CC(C)(C)CC(O)C[N+](C)(C)C(C)(C)C.[Cl-]. The minimum atomic E-state index is -0.209. The zero-order chi connectivity index (χ0) is 12.5. The molecular formula is C13H30ClNO. The first-order valence-corrected chi connectivity index (χ1v) is 5.86. The van der Waals surface area contributed by atoms with E-state index in [1.165, 1.54) is 0 Å². The third kappa shape index (κ3) is 6.72. The highest BCUT2D eigenvalue weighted by molar-refractivity contribution is 4.70. The van der Waals surface area contributed by atoms with Gasteiger partial charge in [-0.2, -0.15) is 0 Å². The summed E-state index contributed by atoms with van der Waals surface area (Å²) in [5, 5.41) is 10.1. The minimum absolute atomic E-state index is 0. The molecule has 0 amide bonds. The summed E-state index contributed by atoms with van der Waals surface area (Å²) in [6, 6.07) is 0. The van der Waals surface area contributed by atoms with Gasteiger partial charge in [-0.3, -0.25) is 0 Å². The van der Waals surface area contributed by atoms with E-state index in [-0.39, 0.29) is 29.5 Å². The molecule has 100 valence electrons. The Morgan fingerprint density at radius 1 is 1.00 bits per heavy atom. The molecule has 0 radical (unpaired) electrons. The maximum atomic E-state index is 10.1. The van der Waals surface area contributed by atoms with Crippen LogP contribution >= 0.6 is 0 Å². The first-order valence-electron chi connectivity index (χ1n) is 5.86. The Bertz CT molecular complexity index is 201. The number of aliphatic hydroxyl groups excluding tert-OH is 1. The molecule has 0 aliphatic rings. The first kappa shape index (κ1) is 18.6. The van der Waals surface area contributed by atoms with Crippen LogP contribution in [-0.2, 0) is 0 Å². The fourth-order valence-electron chi connectivity index (χ4n) is 1.57. The Balaban J connectivity index is 0. The summed E-state index contributed by atoms with van der Waals surface area (Å²) in [7, 11) is 4.37. The summed E-state index contributed by atoms with van der Waals surface area (Å²) in [6.45, 7) is 14.0. The lowest BCUT2D eigenvalue weighted by atomic mass is 9.88. The monoisotopic (exact) mass is 251 g/mol. The van der Waals surface area contributed by atoms with Gasteiger partial charge in [-0.25, -0.2) is 0 Å². The number of hydrogen-bond donors (Lipinski definition) is 1. The van der Waals surface area contributed by atoms with Gasteiger partial charge in [0.25, 0.3) is 0 Å². The van der Waals surface area contributed by atoms with E-state index in [4.69, 9.17) is 0 Å². The maximum absolute atomic E-state index is 10.1. The second-order valence-electron chi connectivity index (χ2n) is 7.46. The van der Waals surface area contributed by atoms with Crippen LogP contribution in [0.1, 0.15) is 48.0 Å². The molecule has 0 heterocycles. The lowest BCUT2D eigenvalue weighted by molar-refractivity contribution is -0.938. The zero-order valence-corrected chi connectivity index (χ0v) is 13.0. The van der Waals surface area contributed by atoms with Gasteiger partial charge in [0.2, 0.25) is 0 Å². The smallest absolute Gasteiger partial charge is 0.105 e. The van der Waals surface area contributed by atoms with Crippen LogP contribution in [0.25, 0.3) is 0 Å². The predicted octanol–water partition coefficient (Wildman–Crippen LogP) is -0.338. The van der Waals surface area contributed by atoms with Crippen LogP contribution in [0.4, 0.5) is 0 Å². The Morgan fingerprint density at radius 2 is 1.38 bits per heavy atom. The molecule has 2 nitrogen and oxygen atoms in total. The van der Waals surface area contributed by atoms with Crippen molar-refractivity contribution in [3.8, 4) is 0 Å². The second-order valence-corrected chi connectivity index (χ2v) is 7.46. The van der Waals surface area contributed by atoms with Crippen molar-refractivity contribution in [3.63, 3.8) is 0 Å². The van der Waals surface area contributed by atoms with Crippen LogP contribution in [0.5, 0.6) is 0 Å². The minimum Gasteiger partial charge on any atom is -1.00 e. The van der Waals surface area contributed by atoms with Crippen molar-refractivity contribution in [2.45, 2.75) is 59.6 Å². The van der Waals surface area contributed by atoms with E-state index in [0.29, 0.717) is 0 Å². The van der Waals surface area contributed by atoms with Gasteiger partial charge in [0.1, 0.15) is 12.6 Å². The van der Waals surface area contributed by atoms with E-state index < -0.39 is 0 Å². The number of aliphatic hydroxyl groups is 1. The summed E-state index contributed by atoms with van der Waals surface area (Å²) in [6.07, 6.45) is 0.657. The van der Waals surface area contributed by atoms with Crippen LogP contribution in [0, 0.1) is 5.41 Å². The topological polar surface area (TPSA) is 20.2 Å². The number of hydrogen-bond acceptors (Lipinski definition) is 1. The van der Waals surface area contributed by atoms with E-state index in [2.05, 4.69) is 55.6 Å². The third-order valence-electron chi connectivity index (χ3n) is 3.33. The average Bonchev–Trinajstić information content (AvgIpc) is 1.75. The van der Waals surface area contributed by atoms with Crippen molar-refractivity contribution >= 4 is 0 Å². The van der Waals surface area contributed by atoms with Crippen LogP contribution in [0.3, 0.4) is 0 Å². The molecule has 0 aliphatic carbocycles. The molecule has 0 fully saturated rings. The maximum Gasteiger partial charge on any atom is 0.105 e. The van der Waals surface area contributed by atoms with E-state index in [9.17, 15) is 5.11 Å². The van der Waals surface area contributed by atoms with Gasteiger partial charge in [0, 0.05) is 0 Å². The molecular weight excluding hydrogens is 222 g/mol. The van der Waals surface area contributed by atoms with Crippen molar-refractivity contribution in [1.29, 1.82) is 0 Å². The van der Waals surface area contributed by atoms with Gasteiger partial charge in [-0.05, 0) is 32.6 Å². The van der Waals surface area contributed by atoms with Gasteiger partial charge in [0.05, 0.1) is 19.6 Å².